The van der Waals surface area contributed by atoms with Crippen molar-refractivity contribution >= 4 is 5.69 Å². The lowest BCUT2D eigenvalue weighted by Gasteiger charge is -2.32. The Morgan fingerprint density at radius 1 is 1.42 bits per heavy atom. The van der Waals surface area contributed by atoms with Gasteiger partial charge in [-0.15, -0.1) is 0 Å². The number of halogens is 2. The molecule has 1 aliphatic heterocycles. The zero-order chi connectivity index (χ0) is 13.8. The molecule has 0 aliphatic carbocycles. The van der Waals surface area contributed by atoms with Crippen molar-refractivity contribution in [1.29, 1.82) is 0 Å². The molecule has 1 atom stereocenters. The summed E-state index contributed by atoms with van der Waals surface area (Å²) in [6, 6.07) is 3.98. The van der Waals surface area contributed by atoms with Gasteiger partial charge < -0.3 is 15.1 Å². The lowest BCUT2D eigenvalue weighted by atomic mass is 10.1. The molecule has 1 aliphatic rings. The summed E-state index contributed by atoms with van der Waals surface area (Å²) in [7, 11) is 3.90. The highest BCUT2D eigenvalue weighted by Crippen LogP contribution is 2.19. The molecule has 1 aromatic carbocycles. The summed E-state index contributed by atoms with van der Waals surface area (Å²) in [5.41, 5.74) is 0.323. The van der Waals surface area contributed by atoms with Crippen molar-refractivity contribution in [2.45, 2.75) is 12.5 Å². The molecular formula is C14H21F2N3. The first-order valence-corrected chi connectivity index (χ1v) is 6.64. The Morgan fingerprint density at radius 3 is 2.95 bits per heavy atom. The van der Waals surface area contributed by atoms with E-state index in [-0.39, 0.29) is 5.82 Å². The average molecular weight is 269 g/mol. The summed E-state index contributed by atoms with van der Waals surface area (Å²) in [5, 5.41) is 3.45. The number of anilines is 1. The summed E-state index contributed by atoms with van der Waals surface area (Å²) in [4.78, 5) is 4.05. The lowest BCUT2D eigenvalue weighted by molar-refractivity contribution is 0.233. The molecule has 0 bridgehead atoms. The monoisotopic (exact) mass is 269 g/mol. The lowest BCUT2D eigenvalue weighted by Crippen LogP contribution is -2.49. The van der Waals surface area contributed by atoms with Gasteiger partial charge in [-0.05, 0) is 25.6 Å². The Morgan fingerprint density at radius 2 is 2.21 bits per heavy atom. The van der Waals surface area contributed by atoms with Crippen LogP contribution in [0.3, 0.4) is 0 Å². The predicted molar refractivity (Wildman–Crippen MR) is 73.5 cm³/mol. The number of hydrogen-bond donors (Lipinski definition) is 1. The maximum atomic E-state index is 13.6. The average Bonchev–Trinajstić information content (AvgIpc) is 2.39. The maximum absolute atomic E-state index is 13.6. The van der Waals surface area contributed by atoms with Gasteiger partial charge in [0.05, 0.1) is 5.69 Å². The third-order valence-corrected chi connectivity index (χ3v) is 3.59. The van der Waals surface area contributed by atoms with E-state index >= 15 is 0 Å². The van der Waals surface area contributed by atoms with Crippen LogP contribution < -0.4 is 10.2 Å². The molecule has 1 saturated heterocycles. The summed E-state index contributed by atoms with van der Waals surface area (Å²) in [5.74, 6) is -0.781. The Kier molecular flexibility index (Phi) is 4.71. The van der Waals surface area contributed by atoms with Crippen LogP contribution in [0.5, 0.6) is 0 Å². The van der Waals surface area contributed by atoms with Crippen molar-refractivity contribution in [3.8, 4) is 0 Å². The molecule has 1 unspecified atom stereocenters. The fourth-order valence-corrected chi connectivity index (χ4v) is 2.43. The van der Waals surface area contributed by atoms with Crippen molar-refractivity contribution in [2.24, 2.45) is 0 Å². The van der Waals surface area contributed by atoms with Crippen molar-refractivity contribution in [3.05, 3.63) is 29.8 Å². The van der Waals surface area contributed by atoms with Crippen LogP contribution in [0, 0.1) is 11.6 Å². The largest absolute Gasteiger partial charge is 0.372 e. The minimum atomic E-state index is -0.404. The number of piperazine rings is 1. The third-order valence-electron chi connectivity index (χ3n) is 3.59. The van der Waals surface area contributed by atoms with E-state index < -0.39 is 5.82 Å². The van der Waals surface area contributed by atoms with Gasteiger partial charge in [0.2, 0.25) is 0 Å². The second kappa shape index (κ2) is 6.30. The van der Waals surface area contributed by atoms with E-state index in [1.54, 1.807) is 11.9 Å². The molecule has 0 radical (unpaired) electrons. The molecular weight excluding hydrogens is 248 g/mol. The van der Waals surface area contributed by atoms with Crippen LogP contribution in [0.1, 0.15) is 6.42 Å². The summed E-state index contributed by atoms with van der Waals surface area (Å²) in [6.45, 7) is 3.75. The van der Waals surface area contributed by atoms with Gasteiger partial charge in [-0.25, -0.2) is 8.78 Å². The molecule has 2 rings (SSSR count). The molecule has 3 nitrogen and oxygen atoms in total. The Hall–Kier alpha value is -1.20. The molecule has 1 N–H and O–H groups in total. The minimum absolute atomic E-state index is 0.323. The molecule has 0 spiro atoms. The van der Waals surface area contributed by atoms with E-state index in [2.05, 4.69) is 17.3 Å². The van der Waals surface area contributed by atoms with Crippen LogP contribution in [0.15, 0.2) is 18.2 Å². The van der Waals surface area contributed by atoms with Gasteiger partial charge in [-0.2, -0.15) is 0 Å². The SMILES string of the molecule is CN1CCNC(CCN(C)c2cc(F)ccc2F)C1. The highest BCUT2D eigenvalue weighted by Gasteiger charge is 2.17. The van der Waals surface area contributed by atoms with Crippen molar-refractivity contribution in [3.63, 3.8) is 0 Å². The van der Waals surface area contributed by atoms with Crippen LogP contribution in [0.2, 0.25) is 0 Å². The number of nitrogens with zero attached hydrogens (tertiary/aromatic N) is 2. The molecule has 5 heteroatoms. The molecule has 19 heavy (non-hydrogen) atoms. The van der Waals surface area contributed by atoms with Gasteiger partial charge in [-0.3, -0.25) is 0 Å². The molecule has 0 aromatic heterocycles. The highest BCUT2D eigenvalue weighted by molar-refractivity contribution is 5.47. The Balaban J connectivity index is 1.90. The van der Waals surface area contributed by atoms with Crippen LogP contribution in [-0.4, -0.2) is 51.2 Å². The van der Waals surface area contributed by atoms with E-state index in [4.69, 9.17) is 0 Å². The van der Waals surface area contributed by atoms with E-state index in [1.807, 2.05) is 0 Å². The zero-order valence-corrected chi connectivity index (χ0v) is 11.5. The Labute approximate surface area is 113 Å². The van der Waals surface area contributed by atoms with E-state index in [0.717, 1.165) is 32.1 Å². The van der Waals surface area contributed by atoms with Gasteiger partial charge in [0.15, 0.2) is 0 Å². The quantitative estimate of drug-likeness (QED) is 0.897. The standard InChI is InChI=1S/C14H21F2N3/c1-18-8-6-17-12(10-18)5-7-19(2)14-9-11(15)3-4-13(14)16/h3-4,9,12,17H,5-8,10H2,1-2H3. The maximum Gasteiger partial charge on any atom is 0.146 e. The molecule has 1 fully saturated rings. The van der Waals surface area contributed by atoms with E-state index in [0.29, 0.717) is 18.3 Å². The van der Waals surface area contributed by atoms with Crippen LogP contribution in [0.25, 0.3) is 0 Å². The van der Waals surface area contributed by atoms with Crippen molar-refractivity contribution in [2.75, 3.05) is 45.2 Å². The van der Waals surface area contributed by atoms with Crippen molar-refractivity contribution in [1.82, 2.24) is 10.2 Å². The summed E-state index contributed by atoms with van der Waals surface area (Å²) < 4.78 is 26.8. The molecule has 1 heterocycles. The number of rotatable bonds is 4. The molecule has 106 valence electrons. The number of hydrogen-bond acceptors (Lipinski definition) is 3. The van der Waals surface area contributed by atoms with E-state index in [1.165, 1.54) is 12.1 Å². The number of nitrogens with one attached hydrogen (secondary N) is 1. The number of benzene rings is 1. The minimum Gasteiger partial charge on any atom is -0.372 e. The normalized spacial score (nSPS) is 20.5. The fourth-order valence-electron chi connectivity index (χ4n) is 2.43. The predicted octanol–water partition coefficient (Wildman–Crippen LogP) is 1.69. The summed E-state index contributed by atoms with van der Waals surface area (Å²) >= 11 is 0. The van der Waals surface area contributed by atoms with E-state index in [9.17, 15) is 8.78 Å². The van der Waals surface area contributed by atoms with Gasteiger partial charge in [0, 0.05) is 45.3 Å². The first-order valence-electron chi connectivity index (χ1n) is 6.64. The first-order chi connectivity index (χ1) is 9.06. The van der Waals surface area contributed by atoms with Gasteiger partial charge >= 0.3 is 0 Å². The fraction of sp³-hybridized carbons (Fsp3) is 0.571. The zero-order valence-electron chi connectivity index (χ0n) is 11.5. The third kappa shape index (κ3) is 3.88. The van der Waals surface area contributed by atoms with Gasteiger partial charge in [0.1, 0.15) is 11.6 Å². The molecule has 0 saturated carbocycles. The van der Waals surface area contributed by atoms with Crippen LogP contribution in [0.4, 0.5) is 14.5 Å². The van der Waals surface area contributed by atoms with Gasteiger partial charge in [0.25, 0.3) is 0 Å². The van der Waals surface area contributed by atoms with Crippen molar-refractivity contribution < 1.29 is 8.78 Å². The Bertz CT molecular complexity index is 425. The molecule has 1 aromatic rings. The highest BCUT2D eigenvalue weighted by atomic mass is 19.1. The van der Waals surface area contributed by atoms with Crippen LogP contribution >= 0.6 is 0 Å². The summed E-state index contributed by atoms with van der Waals surface area (Å²) in [6.07, 6.45) is 0.913. The second-order valence-corrected chi connectivity index (χ2v) is 5.22. The van der Waals surface area contributed by atoms with Gasteiger partial charge in [-0.1, -0.05) is 0 Å². The number of likely N-dealkylation sites (N-methyl/N-ethyl adjacent to an activating group) is 1. The first kappa shape index (κ1) is 14.2. The van der Waals surface area contributed by atoms with Crippen LogP contribution in [-0.2, 0) is 0 Å². The second-order valence-electron chi connectivity index (χ2n) is 5.22. The smallest absolute Gasteiger partial charge is 0.146 e. The topological polar surface area (TPSA) is 18.5 Å². The molecule has 0 amide bonds.